The van der Waals surface area contributed by atoms with Crippen LogP contribution >= 0.6 is 11.8 Å². The number of thioether (sulfide) groups is 1. The number of phenols is 1. The van der Waals surface area contributed by atoms with Crippen molar-refractivity contribution in [3.8, 4) is 11.5 Å². The van der Waals surface area contributed by atoms with Crippen LogP contribution in [0, 0.1) is 0 Å². The number of aromatic hydroxyl groups is 1. The van der Waals surface area contributed by atoms with Gasteiger partial charge in [-0.05, 0) is 35.4 Å². The topological polar surface area (TPSA) is 29.5 Å². The number of ether oxygens (including phenoxy) is 1. The summed E-state index contributed by atoms with van der Waals surface area (Å²) in [6.45, 7) is 2.17. The molecule has 1 heterocycles. The SMILES string of the molecule is CC(c1ccc(O)cc1)c1ccc(OC2CS2)cc1. The van der Waals surface area contributed by atoms with E-state index in [1.54, 1.807) is 12.1 Å². The second kappa shape index (κ2) is 5.17. The molecule has 3 rings (SSSR count). The van der Waals surface area contributed by atoms with Crippen molar-refractivity contribution in [2.75, 3.05) is 5.75 Å². The first-order chi connectivity index (χ1) is 9.22. The van der Waals surface area contributed by atoms with E-state index < -0.39 is 0 Å². The predicted octanol–water partition coefficient (Wildman–Crippen LogP) is 4.00. The number of rotatable bonds is 4. The molecular weight excluding hydrogens is 256 g/mol. The van der Waals surface area contributed by atoms with E-state index in [0.29, 0.717) is 17.1 Å². The summed E-state index contributed by atoms with van der Waals surface area (Å²) in [4.78, 5) is 0. The second-order valence-corrected chi connectivity index (χ2v) is 5.96. The second-order valence-electron chi connectivity index (χ2n) is 4.76. The molecule has 0 aromatic heterocycles. The maximum atomic E-state index is 9.32. The molecule has 1 fully saturated rings. The molecule has 1 aliphatic rings. The molecule has 0 bridgehead atoms. The van der Waals surface area contributed by atoms with E-state index >= 15 is 0 Å². The summed E-state index contributed by atoms with van der Waals surface area (Å²) in [7, 11) is 0. The zero-order valence-electron chi connectivity index (χ0n) is 10.7. The maximum absolute atomic E-state index is 9.32. The van der Waals surface area contributed by atoms with Gasteiger partial charge in [0.1, 0.15) is 11.5 Å². The van der Waals surface area contributed by atoms with E-state index in [1.807, 2.05) is 36.0 Å². The Kier molecular flexibility index (Phi) is 3.38. The molecule has 2 nitrogen and oxygen atoms in total. The highest BCUT2D eigenvalue weighted by Gasteiger charge is 2.24. The molecule has 2 unspecified atom stereocenters. The van der Waals surface area contributed by atoms with Crippen LogP contribution in [0.5, 0.6) is 11.5 Å². The van der Waals surface area contributed by atoms with E-state index in [-0.39, 0.29) is 0 Å². The van der Waals surface area contributed by atoms with Crippen molar-refractivity contribution >= 4 is 11.8 Å². The average molecular weight is 272 g/mol. The fourth-order valence-electron chi connectivity index (χ4n) is 2.05. The summed E-state index contributed by atoms with van der Waals surface area (Å²) in [5, 5.41) is 9.32. The maximum Gasteiger partial charge on any atom is 0.153 e. The Bertz CT molecular complexity index is 544. The average Bonchev–Trinajstić information content (AvgIpc) is 3.24. The lowest BCUT2D eigenvalue weighted by Gasteiger charge is -2.13. The van der Waals surface area contributed by atoms with Crippen LogP contribution in [0.4, 0.5) is 0 Å². The Hall–Kier alpha value is -1.61. The lowest BCUT2D eigenvalue weighted by molar-refractivity contribution is 0.335. The minimum atomic E-state index is 0.307. The van der Waals surface area contributed by atoms with Gasteiger partial charge in [-0.2, -0.15) is 0 Å². The standard InChI is InChI=1S/C16H16O2S/c1-11(12-2-6-14(17)7-3-12)13-4-8-15(9-5-13)18-16-10-19-16/h2-9,11,16-17H,10H2,1H3. The van der Waals surface area contributed by atoms with Crippen molar-refractivity contribution in [3.05, 3.63) is 59.7 Å². The fraction of sp³-hybridized carbons (Fsp3) is 0.250. The highest BCUT2D eigenvalue weighted by atomic mass is 32.2. The van der Waals surface area contributed by atoms with Gasteiger partial charge < -0.3 is 9.84 Å². The summed E-state index contributed by atoms with van der Waals surface area (Å²) >= 11 is 1.83. The van der Waals surface area contributed by atoms with Crippen LogP contribution in [-0.2, 0) is 0 Å². The lowest BCUT2D eigenvalue weighted by atomic mass is 9.93. The van der Waals surface area contributed by atoms with Gasteiger partial charge in [-0.25, -0.2) is 0 Å². The molecule has 1 aliphatic heterocycles. The van der Waals surface area contributed by atoms with Gasteiger partial charge in [0.05, 0.1) is 0 Å². The molecule has 0 spiro atoms. The van der Waals surface area contributed by atoms with Crippen LogP contribution in [0.1, 0.15) is 24.0 Å². The minimum absolute atomic E-state index is 0.307. The summed E-state index contributed by atoms with van der Waals surface area (Å²) < 4.78 is 5.71. The first-order valence-corrected chi connectivity index (χ1v) is 7.44. The Morgan fingerprint density at radius 1 is 1.05 bits per heavy atom. The summed E-state index contributed by atoms with van der Waals surface area (Å²) in [6, 6.07) is 15.7. The first kappa shape index (κ1) is 12.4. The third-order valence-corrected chi connectivity index (χ3v) is 4.05. The quantitative estimate of drug-likeness (QED) is 0.853. The number of phenolic OH excluding ortho intramolecular Hbond substituents is 1. The van der Waals surface area contributed by atoms with E-state index in [9.17, 15) is 5.11 Å². The van der Waals surface area contributed by atoms with Gasteiger partial charge in [0.2, 0.25) is 0 Å². The monoisotopic (exact) mass is 272 g/mol. The molecule has 1 N–H and O–H groups in total. The predicted molar refractivity (Wildman–Crippen MR) is 78.9 cm³/mol. The molecule has 0 aliphatic carbocycles. The molecular formula is C16H16O2S. The van der Waals surface area contributed by atoms with Crippen molar-refractivity contribution in [3.63, 3.8) is 0 Å². The molecule has 2 atom stereocenters. The van der Waals surface area contributed by atoms with Crippen molar-refractivity contribution in [2.45, 2.75) is 18.3 Å². The first-order valence-electron chi connectivity index (χ1n) is 6.39. The minimum Gasteiger partial charge on any atom is -0.508 e. The van der Waals surface area contributed by atoms with Gasteiger partial charge in [-0.15, -0.1) is 11.8 Å². The van der Waals surface area contributed by atoms with Crippen LogP contribution in [0.3, 0.4) is 0 Å². The van der Waals surface area contributed by atoms with E-state index in [4.69, 9.17) is 4.74 Å². The van der Waals surface area contributed by atoms with E-state index in [0.717, 1.165) is 11.5 Å². The fourth-order valence-corrected chi connectivity index (χ4v) is 2.38. The van der Waals surface area contributed by atoms with Gasteiger partial charge in [-0.3, -0.25) is 0 Å². The van der Waals surface area contributed by atoms with E-state index in [2.05, 4.69) is 19.1 Å². The lowest BCUT2D eigenvalue weighted by Crippen LogP contribution is -1.98. The van der Waals surface area contributed by atoms with Gasteiger partial charge in [0.15, 0.2) is 5.44 Å². The van der Waals surface area contributed by atoms with Gasteiger partial charge in [-0.1, -0.05) is 31.2 Å². The Balaban J connectivity index is 1.75. The largest absolute Gasteiger partial charge is 0.508 e. The molecule has 2 aromatic carbocycles. The molecule has 0 radical (unpaired) electrons. The summed E-state index contributed by atoms with van der Waals surface area (Å²) in [6.07, 6.45) is 0. The highest BCUT2D eigenvalue weighted by molar-refractivity contribution is 8.06. The molecule has 0 amide bonds. The third-order valence-electron chi connectivity index (χ3n) is 3.34. The zero-order chi connectivity index (χ0) is 13.2. The summed E-state index contributed by atoms with van der Waals surface area (Å²) in [5.41, 5.74) is 2.81. The summed E-state index contributed by atoms with van der Waals surface area (Å²) in [5.74, 6) is 2.66. The van der Waals surface area contributed by atoms with Crippen molar-refractivity contribution in [2.24, 2.45) is 0 Å². The zero-order valence-corrected chi connectivity index (χ0v) is 11.6. The van der Waals surface area contributed by atoms with Crippen LogP contribution in [0.15, 0.2) is 48.5 Å². The Labute approximate surface area is 117 Å². The molecule has 19 heavy (non-hydrogen) atoms. The highest BCUT2D eigenvalue weighted by Crippen LogP contribution is 2.33. The molecule has 3 heteroatoms. The van der Waals surface area contributed by atoms with Crippen molar-refractivity contribution in [1.82, 2.24) is 0 Å². The van der Waals surface area contributed by atoms with Crippen molar-refractivity contribution < 1.29 is 9.84 Å². The van der Waals surface area contributed by atoms with Gasteiger partial charge in [0, 0.05) is 11.7 Å². The normalized spacial score (nSPS) is 18.9. The van der Waals surface area contributed by atoms with Crippen LogP contribution in [0.25, 0.3) is 0 Å². The molecule has 2 aromatic rings. The molecule has 98 valence electrons. The van der Waals surface area contributed by atoms with Gasteiger partial charge in [0.25, 0.3) is 0 Å². The van der Waals surface area contributed by atoms with Crippen LogP contribution < -0.4 is 4.74 Å². The number of hydrogen-bond acceptors (Lipinski definition) is 3. The van der Waals surface area contributed by atoms with Crippen molar-refractivity contribution in [1.29, 1.82) is 0 Å². The van der Waals surface area contributed by atoms with Gasteiger partial charge >= 0.3 is 0 Å². The smallest absolute Gasteiger partial charge is 0.153 e. The molecule has 1 saturated heterocycles. The third kappa shape index (κ3) is 3.04. The Morgan fingerprint density at radius 3 is 2.11 bits per heavy atom. The number of hydrogen-bond donors (Lipinski definition) is 1. The van der Waals surface area contributed by atoms with E-state index in [1.165, 1.54) is 11.1 Å². The van der Waals surface area contributed by atoms with Crippen LogP contribution in [0.2, 0.25) is 0 Å². The molecule has 0 saturated carbocycles. The number of benzene rings is 2. The van der Waals surface area contributed by atoms with Crippen LogP contribution in [-0.4, -0.2) is 16.3 Å². The Morgan fingerprint density at radius 2 is 1.58 bits per heavy atom.